The van der Waals surface area contributed by atoms with Crippen molar-refractivity contribution < 1.29 is 13.9 Å². The molecule has 0 atom stereocenters. The zero-order valence-corrected chi connectivity index (χ0v) is 13.7. The number of esters is 1. The van der Waals surface area contributed by atoms with E-state index < -0.39 is 5.97 Å². The first-order valence-electron chi connectivity index (χ1n) is 7.02. The van der Waals surface area contributed by atoms with Crippen LogP contribution in [0.25, 0.3) is 0 Å². The number of aromatic amines is 1. The van der Waals surface area contributed by atoms with Crippen molar-refractivity contribution in [1.82, 2.24) is 14.8 Å². The van der Waals surface area contributed by atoms with Gasteiger partial charge < -0.3 is 9.15 Å². The number of ether oxygens (including phenoxy) is 1. The molecule has 0 bridgehead atoms. The Balaban J connectivity index is 2.07. The number of thioether (sulfide) groups is 1. The molecule has 0 fully saturated rings. The van der Waals surface area contributed by atoms with Gasteiger partial charge in [-0.15, -0.1) is 5.10 Å². The molecule has 0 aliphatic rings. The predicted molar refractivity (Wildman–Crippen MR) is 82.1 cm³/mol. The lowest BCUT2D eigenvalue weighted by atomic mass is 10.3. The van der Waals surface area contributed by atoms with Gasteiger partial charge in [-0.1, -0.05) is 25.1 Å². The third kappa shape index (κ3) is 3.62. The van der Waals surface area contributed by atoms with E-state index in [0.717, 1.165) is 18.4 Å². The minimum absolute atomic E-state index is 0.207. The number of carbonyl (C=O) groups excluding carboxylic acids is 1. The van der Waals surface area contributed by atoms with Crippen molar-refractivity contribution in [2.24, 2.45) is 0 Å². The fraction of sp³-hybridized carbons (Fsp3) is 0.500. The average molecular weight is 325 g/mol. The summed E-state index contributed by atoms with van der Waals surface area (Å²) >= 11 is 1.39. The highest BCUT2D eigenvalue weighted by Gasteiger charge is 2.17. The summed E-state index contributed by atoms with van der Waals surface area (Å²) in [7, 11) is 1.31. The Bertz CT molecular complexity index is 701. The Morgan fingerprint density at radius 2 is 2.32 bits per heavy atom. The van der Waals surface area contributed by atoms with Gasteiger partial charge in [0.05, 0.1) is 12.9 Å². The van der Waals surface area contributed by atoms with Gasteiger partial charge in [-0.25, -0.2) is 14.7 Å². The lowest BCUT2D eigenvalue weighted by Gasteiger charge is -2.03. The second kappa shape index (κ2) is 7.35. The van der Waals surface area contributed by atoms with Crippen molar-refractivity contribution >= 4 is 17.7 Å². The fourth-order valence-corrected chi connectivity index (χ4v) is 2.83. The van der Waals surface area contributed by atoms with Crippen LogP contribution in [0.15, 0.2) is 20.4 Å². The molecule has 0 aromatic carbocycles. The molecule has 2 aromatic rings. The topological polar surface area (TPSA) is 90.1 Å². The van der Waals surface area contributed by atoms with Crippen LogP contribution < -0.4 is 5.69 Å². The van der Waals surface area contributed by atoms with Crippen LogP contribution in [0.3, 0.4) is 0 Å². The minimum atomic E-state index is -0.492. The molecule has 1 N–H and O–H groups in total. The van der Waals surface area contributed by atoms with E-state index >= 15 is 0 Å². The molecule has 0 radical (unpaired) electrons. The van der Waals surface area contributed by atoms with E-state index in [4.69, 9.17) is 4.42 Å². The first-order valence-corrected chi connectivity index (χ1v) is 8.01. The largest absolute Gasteiger partial charge is 0.463 e. The summed E-state index contributed by atoms with van der Waals surface area (Å²) < 4.78 is 11.8. The molecular weight excluding hydrogens is 306 g/mol. The van der Waals surface area contributed by atoms with Gasteiger partial charge >= 0.3 is 11.7 Å². The summed E-state index contributed by atoms with van der Waals surface area (Å²) in [5.74, 6) is 0.839. The number of nitrogens with zero attached hydrogens (tertiary/aromatic N) is 2. The molecule has 120 valence electrons. The number of aryl methyl sites for hydroxylation is 1. The molecule has 0 spiro atoms. The van der Waals surface area contributed by atoms with Crippen LogP contribution in [0.4, 0.5) is 0 Å². The van der Waals surface area contributed by atoms with Gasteiger partial charge in [-0.3, -0.25) is 4.57 Å². The first kappa shape index (κ1) is 16.4. The molecular formula is C14H19N3O4S. The molecule has 0 saturated carbocycles. The number of aromatic nitrogens is 3. The van der Waals surface area contributed by atoms with Crippen molar-refractivity contribution in [3.8, 4) is 0 Å². The zero-order chi connectivity index (χ0) is 16.1. The normalized spacial score (nSPS) is 10.9. The van der Waals surface area contributed by atoms with E-state index in [-0.39, 0.29) is 11.4 Å². The Kier molecular flexibility index (Phi) is 5.48. The van der Waals surface area contributed by atoms with Gasteiger partial charge in [0, 0.05) is 12.1 Å². The molecule has 2 heterocycles. The van der Waals surface area contributed by atoms with Gasteiger partial charge in [-0.2, -0.15) is 0 Å². The molecule has 2 aromatic heterocycles. The molecule has 2 rings (SSSR count). The second-order valence-corrected chi connectivity index (χ2v) is 5.76. The van der Waals surface area contributed by atoms with E-state index in [2.05, 4.69) is 21.9 Å². The van der Waals surface area contributed by atoms with E-state index in [1.807, 2.05) is 0 Å². The summed E-state index contributed by atoms with van der Waals surface area (Å²) in [6.07, 6.45) is 1.92. The number of hydrogen-bond donors (Lipinski definition) is 1. The molecule has 8 heteroatoms. The van der Waals surface area contributed by atoms with Gasteiger partial charge in [0.1, 0.15) is 5.76 Å². The Morgan fingerprint density at radius 3 is 3.00 bits per heavy atom. The third-order valence-electron chi connectivity index (χ3n) is 3.14. The molecule has 0 unspecified atom stereocenters. The predicted octanol–water partition coefficient (Wildman–Crippen LogP) is 2.35. The summed E-state index contributed by atoms with van der Waals surface area (Å²) in [5, 5.41) is 7.10. The van der Waals surface area contributed by atoms with Crippen molar-refractivity contribution in [2.75, 3.05) is 7.11 Å². The Labute approximate surface area is 132 Å². The minimum Gasteiger partial charge on any atom is -0.463 e. The van der Waals surface area contributed by atoms with Crippen LogP contribution in [-0.2, 0) is 17.0 Å². The number of unbranched alkanes of at least 4 members (excludes halogenated alkanes) is 1. The number of furan rings is 1. The highest BCUT2D eigenvalue weighted by Crippen LogP contribution is 2.24. The average Bonchev–Trinajstić information content (AvgIpc) is 3.05. The van der Waals surface area contributed by atoms with Crippen molar-refractivity contribution in [3.05, 3.63) is 33.6 Å². The number of carbonyl (C=O) groups is 1. The molecule has 0 aliphatic heterocycles. The van der Waals surface area contributed by atoms with E-state index in [1.54, 1.807) is 17.6 Å². The van der Waals surface area contributed by atoms with Crippen LogP contribution in [-0.4, -0.2) is 27.8 Å². The quantitative estimate of drug-likeness (QED) is 0.621. The number of hydrogen-bond acceptors (Lipinski definition) is 6. The Morgan fingerprint density at radius 1 is 1.55 bits per heavy atom. The summed E-state index contributed by atoms with van der Waals surface area (Å²) in [4.78, 5) is 23.2. The van der Waals surface area contributed by atoms with Crippen LogP contribution in [0.2, 0.25) is 0 Å². The van der Waals surface area contributed by atoms with E-state index in [9.17, 15) is 9.59 Å². The van der Waals surface area contributed by atoms with Crippen LogP contribution in [0, 0.1) is 6.92 Å². The van der Waals surface area contributed by atoms with Gasteiger partial charge in [-0.05, 0) is 19.4 Å². The monoisotopic (exact) mass is 325 g/mol. The highest BCUT2D eigenvalue weighted by molar-refractivity contribution is 7.98. The summed E-state index contributed by atoms with van der Waals surface area (Å²) in [5.41, 5.74) is 0.523. The van der Waals surface area contributed by atoms with E-state index in [1.165, 1.54) is 18.9 Å². The summed E-state index contributed by atoms with van der Waals surface area (Å²) in [6, 6.07) is 1.79. The molecule has 0 aliphatic carbocycles. The van der Waals surface area contributed by atoms with Crippen molar-refractivity contribution in [2.45, 2.75) is 44.1 Å². The maximum absolute atomic E-state index is 11.7. The fourth-order valence-electron chi connectivity index (χ4n) is 1.98. The SMILES string of the molecule is CCCCn1c(SCc2cc(C)c(C(=O)OC)o2)n[nH]c1=O. The number of methoxy groups -OCH3 is 1. The highest BCUT2D eigenvalue weighted by atomic mass is 32.2. The number of nitrogens with one attached hydrogen (secondary N) is 1. The van der Waals surface area contributed by atoms with Crippen LogP contribution >= 0.6 is 11.8 Å². The lowest BCUT2D eigenvalue weighted by Crippen LogP contribution is -2.17. The second-order valence-electron chi connectivity index (χ2n) is 4.82. The third-order valence-corrected chi connectivity index (χ3v) is 4.14. The van der Waals surface area contributed by atoms with Gasteiger partial charge in [0.2, 0.25) is 5.76 Å². The number of rotatable bonds is 7. The van der Waals surface area contributed by atoms with Crippen molar-refractivity contribution in [3.63, 3.8) is 0 Å². The van der Waals surface area contributed by atoms with Crippen molar-refractivity contribution in [1.29, 1.82) is 0 Å². The molecule has 0 amide bonds. The lowest BCUT2D eigenvalue weighted by molar-refractivity contribution is 0.0562. The maximum atomic E-state index is 11.7. The maximum Gasteiger partial charge on any atom is 0.374 e. The standard InChI is InChI=1S/C14H19N3O4S/c1-4-5-6-17-13(19)15-16-14(17)22-8-10-7-9(2)11(21-10)12(18)20-3/h7H,4-6,8H2,1-3H3,(H,15,19). The molecule has 7 nitrogen and oxygen atoms in total. The van der Waals surface area contributed by atoms with E-state index in [0.29, 0.717) is 23.2 Å². The van der Waals surface area contributed by atoms with Gasteiger partial charge in [0.15, 0.2) is 5.16 Å². The molecule has 0 saturated heterocycles. The van der Waals surface area contributed by atoms with Crippen LogP contribution in [0.5, 0.6) is 0 Å². The smallest absolute Gasteiger partial charge is 0.374 e. The number of H-pyrrole nitrogens is 1. The van der Waals surface area contributed by atoms with Gasteiger partial charge in [0.25, 0.3) is 0 Å². The summed E-state index contributed by atoms with van der Waals surface area (Å²) in [6.45, 7) is 4.49. The Hall–Kier alpha value is -1.96. The molecule has 22 heavy (non-hydrogen) atoms. The zero-order valence-electron chi connectivity index (χ0n) is 12.8. The van der Waals surface area contributed by atoms with Crippen LogP contribution in [0.1, 0.15) is 41.6 Å². The first-order chi connectivity index (χ1) is 10.6.